The lowest BCUT2D eigenvalue weighted by Crippen LogP contribution is -2.48. The van der Waals surface area contributed by atoms with Crippen LogP contribution in [0, 0.1) is 0 Å². The van der Waals surface area contributed by atoms with Crippen LogP contribution in [0.25, 0.3) is 0 Å². The van der Waals surface area contributed by atoms with E-state index in [4.69, 9.17) is 11.6 Å². The molecule has 0 spiro atoms. The van der Waals surface area contributed by atoms with Gasteiger partial charge in [-0.05, 0) is 29.3 Å². The van der Waals surface area contributed by atoms with Crippen molar-refractivity contribution in [1.82, 2.24) is 9.80 Å². The molecule has 27 heavy (non-hydrogen) atoms. The first-order valence-corrected chi connectivity index (χ1v) is 9.55. The molecule has 1 amide bonds. The number of hydrogen-bond donors (Lipinski definition) is 0. The summed E-state index contributed by atoms with van der Waals surface area (Å²) >= 11 is 6.06. The molecule has 0 N–H and O–H groups in total. The van der Waals surface area contributed by atoms with E-state index in [1.807, 2.05) is 53.4 Å². The van der Waals surface area contributed by atoms with Crippen LogP contribution in [0.3, 0.4) is 0 Å². The van der Waals surface area contributed by atoms with Gasteiger partial charge >= 0.3 is 0 Å². The highest BCUT2D eigenvalue weighted by Gasteiger charge is 2.57. The fraction of sp³-hybridized carbons (Fsp3) is 0.174. The largest absolute Gasteiger partial charge is 0.311 e. The highest BCUT2D eigenvalue weighted by molar-refractivity contribution is 6.30. The molecule has 3 aromatic rings. The van der Waals surface area contributed by atoms with Crippen molar-refractivity contribution in [3.05, 3.63) is 106 Å². The summed E-state index contributed by atoms with van der Waals surface area (Å²) in [4.78, 5) is 17.6. The van der Waals surface area contributed by atoms with Crippen LogP contribution in [-0.2, 0) is 12.2 Å². The van der Waals surface area contributed by atoms with Crippen molar-refractivity contribution in [2.24, 2.45) is 0 Å². The van der Waals surface area contributed by atoms with E-state index >= 15 is 0 Å². The molecule has 0 saturated carbocycles. The fourth-order valence-electron chi connectivity index (χ4n) is 4.57. The second kappa shape index (κ2) is 6.22. The van der Waals surface area contributed by atoms with E-state index in [9.17, 15) is 4.79 Å². The molecule has 3 aromatic carbocycles. The molecule has 0 radical (unpaired) electrons. The molecule has 0 aliphatic carbocycles. The highest BCUT2D eigenvalue weighted by atomic mass is 35.5. The van der Waals surface area contributed by atoms with Crippen LogP contribution in [0.4, 0.5) is 0 Å². The van der Waals surface area contributed by atoms with E-state index in [2.05, 4.69) is 35.2 Å². The van der Waals surface area contributed by atoms with E-state index in [-0.39, 0.29) is 5.91 Å². The second-order valence-corrected chi connectivity index (χ2v) is 7.53. The number of rotatable bonds is 3. The van der Waals surface area contributed by atoms with E-state index < -0.39 is 5.66 Å². The van der Waals surface area contributed by atoms with E-state index in [0.29, 0.717) is 0 Å². The summed E-state index contributed by atoms with van der Waals surface area (Å²) in [5.41, 5.74) is 3.66. The van der Waals surface area contributed by atoms with Gasteiger partial charge in [0.05, 0.1) is 0 Å². The Labute approximate surface area is 163 Å². The smallest absolute Gasteiger partial charge is 0.256 e. The quantitative estimate of drug-likeness (QED) is 0.673. The lowest BCUT2D eigenvalue weighted by Gasteiger charge is -2.40. The van der Waals surface area contributed by atoms with Gasteiger partial charge in [-0.25, -0.2) is 0 Å². The standard InChI is InChI=1S/C23H19ClN2O/c24-19-12-10-17(11-13-19)16-25-14-15-26-22(27)20-8-4-5-9-21(20)23(25,26)18-6-2-1-3-7-18/h1-13H,14-16H2. The van der Waals surface area contributed by atoms with Crippen LogP contribution in [-0.4, -0.2) is 28.8 Å². The number of halogens is 1. The number of carbonyl (C=O) groups is 1. The van der Waals surface area contributed by atoms with Gasteiger partial charge in [0.1, 0.15) is 5.66 Å². The van der Waals surface area contributed by atoms with Crippen LogP contribution >= 0.6 is 11.6 Å². The third-order valence-electron chi connectivity index (χ3n) is 5.68. The first-order valence-electron chi connectivity index (χ1n) is 9.18. The minimum Gasteiger partial charge on any atom is -0.311 e. The van der Waals surface area contributed by atoms with Gasteiger partial charge in [-0.2, -0.15) is 0 Å². The summed E-state index contributed by atoms with van der Waals surface area (Å²) in [5.74, 6) is 0.119. The molecule has 5 rings (SSSR count). The molecule has 2 heterocycles. The van der Waals surface area contributed by atoms with Gasteiger partial charge in [0.15, 0.2) is 0 Å². The van der Waals surface area contributed by atoms with Crippen molar-refractivity contribution in [2.75, 3.05) is 13.1 Å². The molecule has 0 aromatic heterocycles. The number of carbonyl (C=O) groups excluding carboxylic acids is 1. The fourth-order valence-corrected chi connectivity index (χ4v) is 4.69. The number of nitrogens with zero attached hydrogens (tertiary/aromatic N) is 2. The van der Waals surface area contributed by atoms with E-state index in [1.54, 1.807) is 0 Å². The highest BCUT2D eigenvalue weighted by Crippen LogP contribution is 2.49. The zero-order chi connectivity index (χ0) is 18.4. The van der Waals surface area contributed by atoms with Crippen LogP contribution in [0.5, 0.6) is 0 Å². The average molecular weight is 375 g/mol. The maximum atomic E-state index is 13.2. The minimum absolute atomic E-state index is 0.119. The number of fused-ring (bicyclic) bond motifs is 3. The Morgan fingerprint density at radius 3 is 2.33 bits per heavy atom. The Kier molecular flexibility index (Phi) is 3.81. The van der Waals surface area contributed by atoms with Gasteiger partial charge in [-0.1, -0.05) is 72.3 Å². The SMILES string of the molecule is O=C1c2ccccc2C2(c3ccccc3)N(Cc3ccc(Cl)cc3)CCN12. The molecule has 2 aliphatic heterocycles. The summed E-state index contributed by atoms with van der Waals surface area (Å²) in [7, 11) is 0. The average Bonchev–Trinajstić information content (AvgIpc) is 3.20. The third kappa shape index (κ3) is 2.35. The summed E-state index contributed by atoms with van der Waals surface area (Å²) in [5, 5.41) is 0.737. The summed E-state index contributed by atoms with van der Waals surface area (Å²) in [6.07, 6.45) is 0. The predicted octanol–water partition coefficient (Wildman–Crippen LogP) is 4.51. The Bertz CT molecular complexity index is 1000. The van der Waals surface area contributed by atoms with E-state index in [0.717, 1.165) is 41.3 Å². The summed E-state index contributed by atoms with van der Waals surface area (Å²) in [6.45, 7) is 2.30. The maximum absolute atomic E-state index is 13.2. The molecule has 1 fully saturated rings. The molecule has 1 atom stereocenters. The van der Waals surface area contributed by atoms with Crippen molar-refractivity contribution < 1.29 is 4.79 Å². The Morgan fingerprint density at radius 1 is 0.852 bits per heavy atom. The van der Waals surface area contributed by atoms with Gasteiger partial charge in [0.2, 0.25) is 0 Å². The zero-order valence-electron chi connectivity index (χ0n) is 14.8. The number of amides is 1. The molecule has 1 saturated heterocycles. The van der Waals surface area contributed by atoms with Crippen molar-refractivity contribution in [1.29, 1.82) is 0 Å². The first kappa shape index (κ1) is 16.5. The van der Waals surface area contributed by atoms with E-state index in [1.165, 1.54) is 5.56 Å². The monoisotopic (exact) mass is 374 g/mol. The van der Waals surface area contributed by atoms with Crippen LogP contribution in [0.2, 0.25) is 5.02 Å². The lowest BCUT2D eigenvalue weighted by atomic mass is 9.89. The van der Waals surface area contributed by atoms with Gasteiger partial charge in [-0.3, -0.25) is 9.69 Å². The number of benzene rings is 3. The van der Waals surface area contributed by atoms with Crippen molar-refractivity contribution in [3.63, 3.8) is 0 Å². The van der Waals surface area contributed by atoms with Crippen molar-refractivity contribution in [3.8, 4) is 0 Å². The van der Waals surface area contributed by atoms with Gasteiger partial charge < -0.3 is 4.90 Å². The molecule has 4 heteroatoms. The third-order valence-corrected chi connectivity index (χ3v) is 5.93. The van der Waals surface area contributed by atoms with Crippen molar-refractivity contribution >= 4 is 17.5 Å². The van der Waals surface area contributed by atoms with Crippen LogP contribution in [0.1, 0.15) is 27.0 Å². The van der Waals surface area contributed by atoms with Crippen LogP contribution < -0.4 is 0 Å². The summed E-state index contributed by atoms with van der Waals surface area (Å²) < 4.78 is 0. The number of hydrogen-bond acceptors (Lipinski definition) is 2. The van der Waals surface area contributed by atoms with Gasteiger partial charge in [-0.15, -0.1) is 0 Å². The Hall–Kier alpha value is -2.62. The molecular weight excluding hydrogens is 356 g/mol. The topological polar surface area (TPSA) is 23.6 Å². The molecule has 3 nitrogen and oxygen atoms in total. The molecule has 2 aliphatic rings. The first-order chi connectivity index (χ1) is 13.2. The molecule has 0 bridgehead atoms. The van der Waals surface area contributed by atoms with Crippen LogP contribution in [0.15, 0.2) is 78.9 Å². The molecule has 134 valence electrons. The van der Waals surface area contributed by atoms with Crippen molar-refractivity contribution in [2.45, 2.75) is 12.2 Å². The second-order valence-electron chi connectivity index (χ2n) is 7.09. The maximum Gasteiger partial charge on any atom is 0.256 e. The molecular formula is C23H19ClN2O. The van der Waals surface area contributed by atoms with Gasteiger partial charge in [0.25, 0.3) is 5.91 Å². The normalized spacial score (nSPS) is 21.4. The van der Waals surface area contributed by atoms with Gasteiger partial charge in [0, 0.05) is 35.8 Å². The minimum atomic E-state index is -0.547. The Balaban J connectivity index is 1.69. The summed E-state index contributed by atoms with van der Waals surface area (Å²) in [6, 6.07) is 26.4. The lowest BCUT2D eigenvalue weighted by molar-refractivity contribution is 0.0429. The zero-order valence-corrected chi connectivity index (χ0v) is 15.6. The predicted molar refractivity (Wildman–Crippen MR) is 107 cm³/mol. The molecule has 1 unspecified atom stereocenters. The Morgan fingerprint density at radius 2 is 1.56 bits per heavy atom.